The van der Waals surface area contributed by atoms with Gasteiger partial charge in [0.1, 0.15) is 11.3 Å². The highest BCUT2D eigenvalue weighted by Gasteiger charge is 2.14. The van der Waals surface area contributed by atoms with Crippen molar-refractivity contribution in [1.29, 1.82) is 0 Å². The highest BCUT2D eigenvalue weighted by Crippen LogP contribution is 2.32. The number of phenols is 2. The predicted octanol–water partition coefficient (Wildman–Crippen LogP) is 1.90. The third-order valence-corrected chi connectivity index (χ3v) is 3.07. The Morgan fingerprint density at radius 3 is 2.19 bits per heavy atom. The summed E-state index contributed by atoms with van der Waals surface area (Å²) in [6.07, 6.45) is 0. The zero-order valence-corrected chi connectivity index (χ0v) is 10.9. The van der Waals surface area contributed by atoms with Crippen LogP contribution in [0.2, 0.25) is 0 Å². The maximum absolute atomic E-state index is 11.1. The molecule has 3 N–H and O–H groups in total. The number of carboxylic acid groups (broad SMARTS) is 1. The van der Waals surface area contributed by atoms with Gasteiger partial charge in [0.05, 0.1) is 29.2 Å². The fourth-order valence-electron chi connectivity index (χ4n) is 2.05. The summed E-state index contributed by atoms with van der Waals surface area (Å²) >= 11 is 0. The van der Waals surface area contributed by atoms with Crippen LogP contribution in [0.3, 0.4) is 0 Å². The van der Waals surface area contributed by atoms with Crippen LogP contribution in [0.4, 0.5) is 0 Å². The number of fused-ring (bicyclic) bond motifs is 2. The smallest absolute Gasteiger partial charge is 0.335 e. The first-order valence-corrected chi connectivity index (χ1v) is 5.94. The third-order valence-electron chi connectivity index (χ3n) is 3.07. The highest BCUT2D eigenvalue weighted by molar-refractivity contribution is 5.97. The molecule has 0 bridgehead atoms. The number of aromatic hydroxyl groups is 2. The number of methoxy groups -OCH3 is 1. The van der Waals surface area contributed by atoms with Crippen molar-refractivity contribution in [3.63, 3.8) is 0 Å². The summed E-state index contributed by atoms with van der Waals surface area (Å²) in [5, 5.41) is 28.1. The van der Waals surface area contributed by atoms with Crippen molar-refractivity contribution in [2.45, 2.75) is 0 Å². The van der Waals surface area contributed by atoms with Gasteiger partial charge in [-0.05, 0) is 12.1 Å². The number of ether oxygens (including phenoxy) is 1. The molecule has 0 fully saturated rings. The largest absolute Gasteiger partial charge is 0.504 e. The monoisotopic (exact) mass is 286 g/mol. The van der Waals surface area contributed by atoms with Crippen LogP contribution in [0.15, 0.2) is 24.3 Å². The number of carbonyl (C=O) groups is 1. The van der Waals surface area contributed by atoms with Gasteiger partial charge in [0.2, 0.25) is 0 Å². The van der Waals surface area contributed by atoms with E-state index in [1.165, 1.54) is 31.4 Å². The normalized spacial score (nSPS) is 10.9. The molecule has 21 heavy (non-hydrogen) atoms. The predicted molar refractivity (Wildman–Crippen MR) is 73.9 cm³/mol. The van der Waals surface area contributed by atoms with E-state index in [0.717, 1.165) is 0 Å². The number of carboxylic acids is 1. The molecule has 0 atom stereocenters. The molecule has 0 radical (unpaired) electrons. The number of nitrogens with zero attached hydrogens (tertiary/aromatic N) is 2. The molecule has 1 heterocycles. The van der Waals surface area contributed by atoms with Crippen LogP contribution in [0.1, 0.15) is 10.4 Å². The molecule has 0 aliphatic carbocycles. The first-order chi connectivity index (χ1) is 9.99. The summed E-state index contributed by atoms with van der Waals surface area (Å²) in [6.45, 7) is 0. The average molecular weight is 286 g/mol. The molecule has 1 aromatic heterocycles. The fraction of sp³-hybridized carbons (Fsp3) is 0.0714. The van der Waals surface area contributed by atoms with Gasteiger partial charge in [-0.15, -0.1) is 0 Å². The van der Waals surface area contributed by atoms with Crippen LogP contribution in [0, 0.1) is 0 Å². The molecule has 3 aromatic rings. The number of benzene rings is 2. The summed E-state index contributed by atoms with van der Waals surface area (Å²) in [6, 6.07) is 5.26. The van der Waals surface area contributed by atoms with E-state index in [1.54, 1.807) is 0 Å². The topological polar surface area (TPSA) is 113 Å². The minimum Gasteiger partial charge on any atom is -0.504 e. The van der Waals surface area contributed by atoms with Crippen LogP contribution in [0.25, 0.3) is 22.1 Å². The van der Waals surface area contributed by atoms with Crippen molar-refractivity contribution in [3.8, 4) is 17.2 Å². The highest BCUT2D eigenvalue weighted by atomic mass is 16.5. The number of aromatic nitrogens is 2. The van der Waals surface area contributed by atoms with Crippen LogP contribution < -0.4 is 4.74 Å². The van der Waals surface area contributed by atoms with Crippen molar-refractivity contribution in [3.05, 3.63) is 29.8 Å². The van der Waals surface area contributed by atoms with Gasteiger partial charge in [0.25, 0.3) is 0 Å². The molecule has 2 aromatic carbocycles. The van der Waals surface area contributed by atoms with Gasteiger partial charge in [-0.2, -0.15) is 0 Å². The lowest BCUT2D eigenvalue weighted by molar-refractivity contribution is 0.0696. The van der Waals surface area contributed by atoms with Crippen LogP contribution in [0.5, 0.6) is 17.2 Å². The van der Waals surface area contributed by atoms with E-state index in [2.05, 4.69) is 9.97 Å². The van der Waals surface area contributed by atoms with Crippen LogP contribution in [-0.2, 0) is 0 Å². The van der Waals surface area contributed by atoms with Crippen LogP contribution in [-0.4, -0.2) is 38.4 Å². The van der Waals surface area contributed by atoms with E-state index in [0.29, 0.717) is 22.1 Å². The lowest BCUT2D eigenvalue weighted by Crippen LogP contribution is -1.99. The van der Waals surface area contributed by atoms with Gasteiger partial charge >= 0.3 is 5.97 Å². The quantitative estimate of drug-likeness (QED) is 0.487. The lowest BCUT2D eigenvalue weighted by atomic mass is 10.1. The Morgan fingerprint density at radius 1 is 1.00 bits per heavy atom. The molecule has 7 heteroatoms. The van der Waals surface area contributed by atoms with Crippen LogP contribution >= 0.6 is 0 Å². The number of phenolic OH excluding ortho intramolecular Hbond substituents is 2. The van der Waals surface area contributed by atoms with Crippen molar-refractivity contribution in [1.82, 2.24) is 9.97 Å². The van der Waals surface area contributed by atoms with Gasteiger partial charge in [-0.25, -0.2) is 14.8 Å². The van der Waals surface area contributed by atoms with Gasteiger partial charge in [0, 0.05) is 12.1 Å². The SMILES string of the molecule is COc1cc(C(=O)O)cc2nc3cc(O)c(O)cc3nc12. The molecule has 0 aliphatic heterocycles. The second-order valence-corrected chi connectivity index (χ2v) is 4.40. The van der Waals surface area contributed by atoms with E-state index in [-0.39, 0.29) is 22.8 Å². The maximum atomic E-state index is 11.1. The Kier molecular flexibility index (Phi) is 2.76. The molecule has 7 nitrogen and oxygen atoms in total. The van der Waals surface area contributed by atoms with Crippen molar-refractivity contribution < 1.29 is 24.9 Å². The number of hydrogen-bond donors (Lipinski definition) is 3. The minimum absolute atomic E-state index is 0.0241. The molecule has 0 amide bonds. The van der Waals surface area contributed by atoms with Gasteiger partial charge in [-0.3, -0.25) is 0 Å². The average Bonchev–Trinajstić information content (AvgIpc) is 2.45. The summed E-state index contributed by atoms with van der Waals surface area (Å²) < 4.78 is 5.14. The minimum atomic E-state index is -1.11. The van der Waals surface area contributed by atoms with E-state index in [1.807, 2.05) is 0 Å². The Hall–Kier alpha value is -3.09. The summed E-state index contributed by atoms with van der Waals surface area (Å²) in [7, 11) is 1.40. The zero-order valence-electron chi connectivity index (χ0n) is 10.9. The van der Waals surface area contributed by atoms with Crippen molar-refractivity contribution >= 4 is 28.0 Å². The van der Waals surface area contributed by atoms with Gasteiger partial charge < -0.3 is 20.1 Å². The fourth-order valence-corrected chi connectivity index (χ4v) is 2.05. The molecular formula is C14H10N2O5. The number of hydrogen-bond acceptors (Lipinski definition) is 6. The second-order valence-electron chi connectivity index (χ2n) is 4.40. The standard InChI is InChI=1S/C14H10N2O5/c1-21-12-3-6(14(19)20)2-9-13(12)16-8-5-11(18)10(17)4-7(8)15-9/h2-5,17-18H,1H3,(H,19,20). The van der Waals surface area contributed by atoms with E-state index in [4.69, 9.17) is 9.84 Å². The summed E-state index contributed by atoms with van der Waals surface area (Å²) in [5.74, 6) is -1.47. The van der Waals surface area contributed by atoms with E-state index < -0.39 is 5.97 Å². The summed E-state index contributed by atoms with van der Waals surface area (Å²) in [4.78, 5) is 19.7. The van der Waals surface area contributed by atoms with E-state index >= 15 is 0 Å². The molecule has 106 valence electrons. The Morgan fingerprint density at radius 2 is 1.62 bits per heavy atom. The summed E-state index contributed by atoms with van der Waals surface area (Å²) in [5.41, 5.74) is 1.42. The van der Waals surface area contributed by atoms with Gasteiger partial charge in [0.15, 0.2) is 11.5 Å². The Balaban J connectivity index is 2.41. The molecule has 0 spiro atoms. The maximum Gasteiger partial charge on any atom is 0.335 e. The molecule has 0 saturated carbocycles. The molecule has 3 rings (SSSR count). The zero-order chi connectivity index (χ0) is 15.1. The van der Waals surface area contributed by atoms with Gasteiger partial charge in [-0.1, -0.05) is 0 Å². The van der Waals surface area contributed by atoms with Crippen molar-refractivity contribution in [2.75, 3.05) is 7.11 Å². The first-order valence-electron chi connectivity index (χ1n) is 5.94. The van der Waals surface area contributed by atoms with Crippen molar-refractivity contribution in [2.24, 2.45) is 0 Å². The lowest BCUT2D eigenvalue weighted by Gasteiger charge is -2.08. The molecule has 0 aliphatic rings. The Bertz CT molecular complexity index is 892. The Labute approximate surface area is 118 Å². The third kappa shape index (κ3) is 2.04. The first kappa shape index (κ1) is 12.9. The molecule has 0 saturated heterocycles. The second kappa shape index (κ2) is 4.48. The number of aromatic carboxylic acids is 1. The van der Waals surface area contributed by atoms with E-state index in [9.17, 15) is 15.0 Å². The molecular weight excluding hydrogens is 276 g/mol. The number of rotatable bonds is 2. The molecule has 0 unspecified atom stereocenters.